The second kappa shape index (κ2) is 12.4. The Bertz CT molecular complexity index is 3440. The number of fused-ring (bicyclic) bond motifs is 9. The van der Waals surface area contributed by atoms with E-state index in [1.807, 2.05) is 0 Å². The Labute approximate surface area is 357 Å². The summed E-state index contributed by atoms with van der Waals surface area (Å²) in [5, 5.41) is 16.1. The van der Waals surface area contributed by atoms with Gasteiger partial charge >= 0.3 is 0 Å². The minimum Gasteiger partial charge on any atom is -0.334 e. The van der Waals surface area contributed by atoms with Crippen molar-refractivity contribution in [1.29, 1.82) is 0 Å². The Balaban J connectivity index is 1.18. The predicted molar refractivity (Wildman–Crippen MR) is 262 cm³/mol. The van der Waals surface area contributed by atoms with E-state index in [1.165, 1.54) is 152 Å². The highest BCUT2D eigenvalue weighted by atomic mass is 15.3. The molecule has 0 saturated heterocycles. The van der Waals surface area contributed by atoms with Crippen molar-refractivity contribution in [2.45, 2.75) is 64.3 Å². The fourth-order valence-electron chi connectivity index (χ4n) is 12.8. The van der Waals surface area contributed by atoms with Crippen molar-refractivity contribution in [2.24, 2.45) is 0 Å². The summed E-state index contributed by atoms with van der Waals surface area (Å²) in [5.41, 5.74) is 15.0. The fraction of sp³-hybridized carbons (Fsp3) is 0.167. The Hall–Kier alpha value is -6.70. The summed E-state index contributed by atoms with van der Waals surface area (Å²) in [6.07, 6.45) is 4.93. The summed E-state index contributed by atoms with van der Waals surface area (Å²) in [7, 11) is 0. The molecule has 0 aromatic heterocycles. The van der Waals surface area contributed by atoms with Crippen LogP contribution in [0.2, 0.25) is 0 Å². The molecule has 292 valence electrons. The van der Waals surface area contributed by atoms with Crippen molar-refractivity contribution in [3.63, 3.8) is 0 Å². The number of para-hydroxylation sites is 1. The molecule has 13 rings (SSSR count). The van der Waals surface area contributed by atoms with Gasteiger partial charge in [-0.25, -0.2) is 0 Å². The average Bonchev–Trinajstić information content (AvgIpc) is 3.89. The van der Waals surface area contributed by atoms with E-state index in [-0.39, 0.29) is 11.0 Å². The van der Waals surface area contributed by atoms with Crippen LogP contribution in [0, 0.1) is 13.8 Å². The minimum absolute atomic E-state index is 0.000555. The van der Waals surface area contributed by atoms with E-state index in [0.717, 1.165) is 0 Å². The summed E-state index contributed by atoms with van der Waals surface area (Å²) in [5.74, 6) is 0. The van der Waals surface area contributed by atoms with Gasteiger partial charge in [0, 0.05) is 16.8 Å². The van der Waals surface area contributed by atoms with Crippen LogP contribution in [0.25, 0.3) is 98.0 Å². The zero-order valence-corrected chi connectivity index (χ0v) is 35.4. The summed E-state index contributed by atoms with van der Waals surface area (Å²) >= 11 is 0. The Kier molecular flexibility index (Phi) is 7.15. The van der Waals surface area contributed by atoms with Gasteiger partial charge in [0.25, 0.3) is 0 Å². The first-order chi connectivity index (χ1) is 29.9. The van der Waals surface area contributed by atoms with E-state index in [1.54, 1.807) is 0 Å². The van der Waals surface area contributed by atoms with E-state index >= 15 is 0 Å². The van der Waals surface area contributed by atoms with E-state index < -0.39 is 0 Å². The van der Waals surface area contributed by atoms with Gasteiger partial charge < -0.3 is 4.90 Å². The van der Waals surface area contributed by atoms with Crippen LogP contribution in [-0.4, -0.2) is 5.54 Å². The van der Waals surface area contributed by atoms with Crippen LogP contribution in [0.15, 0.2) is 164 Å². The van der Waals surface area contributed by atoms with Gasteiger partial charge in [-0.1, -0.05) is 165 Å². The van der Waals surface area contributed by atoms with Crippen LogP contribution in [0.3, 0.4) is 0 Å². The summed E-state index contributed by atoms with van der Waals surface area (Å²) in [4.78, 5) is 2.74. The third-order valence-electron chi connectivity index (χ3n) is 15.9. The third-order valence-corrected chi connectivity index (χ3v) is 15.9. The maximum atomic E-state index is 2.74. The number of nitrogens with zero attached hydrogens (tertiary/aromatic N) is 1. The maximum Gasteiger partial charge on any atom is 0.0518 e. The first-order valence-corrected chi connectivity index (χ1v) is 22.3. The van der Waals surface area contributed by atoms with Gasteiger partial charge in [-0.3, -0.25) is 0 Å². The minimum atomic E-state index is -0.000555. The smallest absolute Gasteiger partial charge is 0.0518 e. The highest BCUT2D eigenvalue weighted by Crippen LogP contribution is 2.63. The molecule has 2 aliphatic rings. The second-order valence-corrected chi connectivity index (χ2v) is 18.6. The molecule has 1 heteroatoms. The molecule has 1 aliphatic carbocycles. The molecule has 1 aliphatic heterocycles. The monoisotopic (exact) mass is 781 g/mol. The molecule has 0 radical (unpaired) electrons. The Morgan fingerprint density at radius 2 is 0.934 bits per heavy atom. The molecule has 0 amide bonds. The van der Waals surface area contributed by atoms with Crippen LogP contribution in [0.5, 0.6) is 0 Å². The molecular formula is C60H47N. The van der Waals surface area contributed by atoms with Crippen LogP contribution < -0.4 is 4.90 Å². The molecule has 11 aromatic rings. The number of rotatable bonds is 4. The van der Waals surface area contributed by atoms with Crippen LogP contribution in [-0.2, 0) is 5.41 Å². The zero-order valence-electron chi connectivity index (χ0n) is 35.4. The molecule has 1 saturated carbocycles. The van der Waals surface area contributed by atoms with Crippen molar-refractivity contribution >= 4 is 76.0 Å². The highest BCUT2D eigenvalue weighted by Gasteiger charge is 2.58. The lowest BCUT2D eigenvalue weighted by atomic mass is 9.61. The van der Waals surface area contributed by atoms with Crippen molar-refractivity contribution < 1.29 is 0 Å². The summed E-state index contributed by atoms with van der Waals surface area (Å²) in [6.45, 7) is 9.90. The first kappa shape index (κ1) is 35.1. The molecule has 11 aromatic carbocycles. The van der Waals surface area contributed by atoms with Crippen molar-refractivity contribution in [1.82, 2.24) is 0 Å². The van der Waals surface area contributed by atoms with Crippen LogP contribution in [0.4, 0.5) is 11.4 Å². The van der Waals surface area contributed by atoms with E-state index in [2.05, 4.69) is 196 Å². The third kappa shape index (κ3) is 4.41. The van der Waals surface area contributed by atoms with E-state index in [4.69, 9.17) is 0 Å². The molecule has 2 unspecified atom stereocenters. The zero-order chi connectivity index (χ0) is 40.8. The summed E-state index contributed by atoms with van der Waals surface area (Å²) in [6, 6.07) is 62.1. The molecule has 1 heterocycles. The second-order valence-electron chi connectivity index (χ2n) is 18.6. The quantitative estimate of drug-likeness (QED) is 0.172. The maximum absolute atomic E-state index is 2.74. The van der Waals surface area contributed by atoms with Crippen LogP contribution in [0.1, 0.15) is 56.2 Å². The molecule has 0 spiro atoms. The molecule has 2 atom stereocenters. The van der Waals surface area contributed by atoms with Gasteiger partial charge in [0.2, 0.25) is 0 Å². The first-order valence-electron chi connectivity index (χ1n) is 22.3. The SMILES string of the molecule is Cc1c(-c2ccc3c4c(-c5ccccc5)c5c6cccc7cccc(c5c(-c5ccccc5)c4c4cccc2c43)c76)cc2c(c1C)N(c1ccccc1)C1(C)CCCCC21C. The van der Waals surface area contributed by atoms with E-state index in [0.29, 0.717) is 0 Å². The van der Waals surface area contributed by atoms with E-state index in [9.17, 15) is 0 Å². The van der Waals surface area contributed by atoms with Crippen LogP contribution >= 0.6 is 0 Å². The normalized spacial score (nSPS) is 19.0. The topological polar surface area (TPSA) is 3.24 Å². The number of anilines is 2. The lowest BCUT2D eigenvalue weighted by Crippen LogP contribution is -2.54. The van der Waals surface area contributed by atoms with Gasteiger partial charge in [-0.2, -0.15) is 0 Å². The molecule has 1 fully saturated rings. The van der Waals surface area contributed by atoms with Gasteiger partial charge in [-0.15, -0.1) is 0 Å². The number of hydrogen-bond acceptors (Lipinski definition) is 1. The summed E-state index contributed by atoms with van der Waals surface area (Å²) < 4.78 is 0. The van der Waals surface area contributed by atoms with Gasteiger partial charge in [0.05, 0.1) is 5.54 Å². The van der Waals surface area contributed by atoms with Gasteiger partial charge in [-0.05, 0) is 167 Å². The Morgan fingerprint density at radius 3 is 1.54 bits per heavy atom. The molecule has 0 N–H and O–H groups in total. The number of hydrogen-bond donors (Lipinski definition) is 0. The largest absolute Gasteiger partial charge is 0.334 e. The highest BCUT2D eigenvalue weighted by molar-refractivity contribution is 6.46. The van der Waals surface area contributed by atoms with Crippen molar-refractivity contribution in [3.05, 3.63) is 180 Å². The van der Waals surface area contributed by atoms with Gasteiger partial charge in [0.1, 0.15) is 0 Å². The molecule has 1 nitrogen and oxygen atoms in total. The van der Waals surface area contributed by atoms with Crippen molar-refractivity contribution in [3.8, 4) is 33.4 Å². The number of benzene rings is 9. The standard InChI is InChI=1S/C60H47N/c1-36-37(2)58-49(59(3)33-14-15-34-60(59,4)61(58)41-25-12-7-13-26-41)35-48(36)42-31-32-47-53-43(42)27-18-30-46(53)56-51(39-19-8-5-9-20-39)54-44-28-16-23-38-24-17-29-45(50(38)44)55(54)52(57(47)56)40-21-10-6-11-22-40/h5-13,16-32,35H,14-15,33-34H2,1-4H3. The predicted octanol–water partition coefficient (Wildman–Crippen LogP) is 16.8. The lowest BCUT2D eigenvalue weighted by Gasteiger charge is -2.50. The van der Waals surface area contributed by atoms with Gasteiger partial charge in [0.15, 0.2) is 0 Å². The van der Waals surface area contributed by atoms with Crippen molar-refractivity contribution in [2.75, 3.05) is 4.90 Å². The molecular weight excluding hydrogens is 735 g/mol. The molecule has 61 heavy (non-hydrogen) atoms. The lowest BCUT2D eigenvalue weighted by molar-refractivity contribution is 0.195. The molecule has 0 bridgehead atoms. The fourth-order valence-corrected chi connectivity index (χ4v) is 12.8. The average molecular weight is 782 g/mol. The Morgan fingerprint density at radius 1 is 0.426 bits per heavy atom.